The Morgan fingerprint density at radius 1 is 1.25 bits per heavy atom. The van der Waals surface area contributed by atoms with Crippen LogP contribution in [0.5, 0.6) is 0 Å². The lowest BCUT2D eigenvalue weighted by atomic mass is 9.47. The van der Waals surface area contributed by atoms with Crippen molar-refractivity contribution in [3.8, 4) is 0 Å². The van der Waals surface area contributed by atoms with Crippen LogP contribution >= 0.6 is 11.3 Å². The Kier molecular flexibility index (Phi) is 3.84. The molecule has 4 bridgehead atoms. The van der Waals surface area contributed by atoms with Crippen LogP contribution in [-0.2, 0) is 9.53 Å². The van der Waals surface area contributed by atoms with Gasteiger partial charge in [0.15, 0.2) is 6.61 Å². The van der Waals surface area contributed by atoms with Crippen LogP contribution in [0.4, 0.5) is 0 Å². The fraction of sp³-hybridized carbons (Fsp3) is 0.684. The van der Waals surface area contributed by atoms with Gasteiger partial charge in [0.2, 0.25) is 5.78 Å². The number of aliphatic hydroxyl groups is 1. The second-order valence-electron chi connectivity index (χ2n) is 8.36. The summed E-state index contributed by atoms with van der Waals surface area (Å²) in [7, 11) is 0. The van der Waals surface area contributed by atoms with Gasteiger partial charge in [0.1, 0.15) is 0 Å². The Labute approximate surface area is 146 Å². The standard InChI is InChI=1S/C19H24O4S/c1-12-2-3-16(24-12)15(20)10-23-17(21)9-18-5-13-4-14(6-18)8-19(22,7-13)11-18/h2-3,13-14,22H,4-11H2,1H3/t13-,14+,18?,19?. The van der Waals surface area contributed by atoms with Crippen molar-refractivity contribution in [2.45, 2.75) is 57.5 Å². The van der Waals surface area contributed by atoms with E-state index in [0.717, 1.165) is 37.0 Å². The molecular formula is C19H24O4S. The van der Waals surface area contributed by atoms with E-state index >= 15 is 0 Å². The number of rotatable bonds is 5. The van der Waals surface area contributed by atoms with E-state index < -0.39 is 5.60 Å². The molecule has 0 aromatic carbocycles. The summed E-state index contributed by atoms with van der Waals surface area (Å²) in [6.07, 6.45) is 6.12. The van der Waals surface area contributed by atoms with Crippen LogP contribution in [0, 0.1) is 24.2 Å². The molecule has 4 aliphatic rings. The van der Waals surface area contributed by atoms with Crippen molar-refractivity contribution >= 4 is 23.1 Å². The lowest BCUT2D eigenvalue weighted by molar-refractivity contribution is -0.176. The second kappa shape index (κ2) is 5.67. The summed E-state index contributed by atoms with van der Waals surface area (Å²) in [5.41, 5.74) is -0.660. The van der Waals surface area contributed by atoms with Gasteiger partial charge in [0, 0.05) is 4.88 Å². The summed E-state index contributed by atoms with van der Waals surface area (Å²) in [6, 6.07) is 3.68. The van der Waals surface area contributed by atoms with E-state index in [1.165, 1.54) is 17.8 Å². The van der Waals surface area contributed by atoms with E-state index in [4.69, 9.17) is 4.74 Å². The maximum atomic E-state index is 12.3. The molecule has 4 saturated carbocycles. The maximum absolute atomic E-state index is 12.3. The Hall–Kier alpha value is -1.20. The molecule has 5 heteroatoms. The molecule has 130 valence electrons. The van der Waals surface area contributed by atoms with Gasteiger partial charge in [-0.2, -0.15) is 0 Å². The number of aryl methyl sites for hydroxylation is 1. The second-order valence-corrected chi connectivity index (χ2v) is 9.64. The molecule has 4 nitrogen and oxygen atoms in total. The third kappa shape index (κ3) is 3.04. The van der Waals surface area contributed by atoms with Crippen LogP contribution in [0.3, 0.4) is 0 Å². The van der Waals surface area contributed by atoms with E-state index in [1.807, 2.05) is 13.0 Å². The lowest BCUT2D eigenvalue weighted by Gasteiger charge is -2.60. The van der Waals surface area contributed by atoms with Crippen LogP contribution in [-0.4, -0.2) is 29.1 Å². The van der Waals surface area contributed by atoms with E-state index in [0.29, 0.717) is 23.1 Å². The molecule has 1 heterocycles. The first-order valence-electron chi connectivity index (χ1n) is 8.83. The summed E-state index contributed by atoms with van der Waals surface area (Å²) in [6.45, 7) is 1.78. The van der Waals surface area contributed by atoms with Crippen molar-refractivity contribution in [3.05, 3.63) is 21.9 Å². The molecule has 1 aromatic heterocycles. The zero-order valence-electron chi connectivity index (χ0n) is 14.0. The number of carbonyl (C=O) groups excluding carboxylic acids is 2. The molecule has 0 spiro atoms. The highest BCUT2D eigenvalue weighted by Gasteiger charge is 2.57. The minimum atomic E-state index is -0.561. The molecule has 0 saturated heterocycles. The molecule has 4 atom stereocenters. The van der Waals surface area contributed by atoms with Gasteiger partial charge in [-0.3, -0.25) is 9.59 Å². The molecule has 0 radical (unpaired) electrons. The highest BCUT2D eigenvalue weighted by Crippen LogP contribution is 2.62. The van der Waals surface area contributed by atoms with E-state index in [-0.39, 0.29) is 23.8 Å². The first kappa shape index (κ1) is 16.3. The summed E-state index contributed by atoms with van der Waals surface area (Å²) >= 11 is 1.43. The first-order chi connectivity index (χ1) is 11.3. The fourth-order valence-electron chi connectivity index (χ4n) is 5.77. The summed E-state index contributed by atoms with van der Waals surface area (Å²) < 4.78 is 5.28. The van der Waals surface area contributed by atoms with Gasteiger partial charge < -0.3 is 9.84 Å². The van der Waals surface area contributed by atoms with Crippen LogP contribution in [0.2, 0.25) is 0 Å². The molecule has 1 aromatic rings. The predicted octanol–water partition coefficient (Wildman–Crippen LogP) is 3.50. The average molecular weight is 348 g/mol. The van der Waals surface area contributed by atoms with Crippen LogP contribution in [0.15, 0.2) is 12.1 Å². The van der Waals surface area contributed by atoms with E-state index in [2.05, 4.69) is 0 Å². The van der Waals surface area contributed by atoms with Gasteiger partial charge in [0.05, 0.1) is 16.9 Å². The monoisotopic (exact) mass is 348 g/mol. The van der Waals surface area contributed by atoms with Crippen LogP contribution in [0.1, 0.15) is 59.5 Å². The third-order valence-electron chi connectivity index (χ3n) is 6.05. The maximum Gasteiger partial charge on any atom is 0.306 e. The summed E-state index contributed by atoms with van der Waals surface area (Å²) in [4.78, 5) is 26.1. The highest BCUT2D eigenvalue weighted by molar-refractivity contribution is 7.14. The Morgan fingerprint density at radius 2 is 1.96 bits per heavy atom. The number of Topliss-reactive ketones (excluding diaryl/α,β-unsaturated/α-hetero) is 1. The molecule has 1 N–H and O–H groups in total. The molecule has 2 unspecified atom stereocenters. The van der Waals surface area contributed by atoms with Crippen molar-refractivity contribution in [3.63, 3.8) is 0 Å². The number of ketones is 1. The van der Waals surface area contributed by atoms with Crippen molar-refractivity contribution < 1.29 is 19.4 Å². The third-order valence-corrected chi connectivity index (χ3v) is 7.09. The summed E-state index contributed by atoms with van der Waals surface area (Å²) in [5, 5.41) is 10.7. The zero-order valence-corrected chi connectivity index (χ0v) is 14.9. The molecule has 0 amide bonds. The minimum absolute atomic E-state index is 0.0987. The molecule has 4 aliphatic carbocycles. The van der Waals surface area contributed by atoms with Crippen molar-refractivity contribution in [2.75, 3.05) is 6.61 Å². The number of hydrogen-bond acceptors (Lipinski definition) is 5. The van der Waals surface area contributed by atoms with E-state index in [9.17, 15) is 14.7 Å². The normalized spacial score (nSPS) is 36.8. The predicted molar refractivity (Wildman–Crippen MR) is 91.0 cm³/mol. The highest BCUT2D eigenvalue weighted by atomic mass is 32.1. The summed E-state index contributed by atoms with van der Waals surface area (Å²) in [5.74, 6) is 0.687. The first-order valence-corrected chi connectivity index (χ1v) is 9.64. The van der Waals surface area contributed by atoms with Gasteiger partial charge in [-0.1, -0.05) is 0 Å². The number of hydrogen-bond donors (Lipinski definition) is 1. The Balaban J connectivity index is 1.35. The van der Waals surface area contributed by atoms with Crippen molar-refractivity contribution in [1.82, 2.24) is 0 Å². The van der Waals surface area contributed by atoms with Gasteiger partial charge in [-0.25, -0.2) is 0 Å². The molecule has 0 aliphatic heterocycles. The Bertz CT molecular complexity index is 663. The number of ether oxygens (including phenoxy) is 1. The molecular weight excluding hydrogens is 324 g/mol. The number of esters is 1. The van der Waals surface area contributed by atoms with Gasteiger partial charge >= 0.3 is 5.97 Å². The quantitative estimate of drug-likeness (QED) is 0.653. The van der Waals surface area contributed by atoms with Gasteiger partial charge in [-0.05, 0) is 74.8 Å². The lowest BCUT2D eigenvalue weighted by Crippen LogP contribution is -2.56. The Morgan fingerprint density at radius 3 is 2.54 bits per heavy atom. The minimum Gasteiger partial charge on any atom is -0.457 e. The molecule has 4 fully saturated rings. The van der Waals surface area contributed by atoms with Gasteiger partial charge in [-0.15, -0.1) is 11.3 Å². The van der Waals surface area contributed by atoms with E-state index in [1.54, 1.807) is 6.07 Å². The smallest absolute Gasteiger partial charge is 0.306 e. The van der Waals surface area contributed by atoms with Crippen LogP contribution < -0.4 is 0 Å². The molecule has 5 rings (SSSR count). The largest absolute Gasteiger partial charge is 0.457 e. The van der Waals surface area contributed by atoms with Crippen molar-refractivity contribution in [2.24, 2.45) is 17.3 Å². The SMILES string of the molecule is Cc1ccc(C(=O)COC(=O)CC23C[C@@H]4C[C@@H](CC(O)(C4)C2)C3)s1. The fourth-order valence-corrected chi connectivity index (χ4v) is 6.56. The number of thiophene rings is 1. The number of carbonyl (C=O) groups is 2. The average Bonchev–Trinajstić information content (AvgIpc) is 2.88. The topological polar surface area (TPSA) is 63.6 Å². The van der Waals surface area contributed by atoms with Crippen LogP contribution in [0.25, 0.3) is 0 Å². The van der Waals surface area contributed by atoms with Crippen molar-refractivity contribution in [1.29, 1.82) is 0 Å². The van der Waals surface area contributed by atoms with Gasteiger partial charge in [0.25, 0.3) is 0 Å². The zero-order chi connectivity index (χ0) is 16.9. The molecule has 24 heavy (non-hydrogen) atoms.